The third-order valence-corrected chi connectivity index (χ3v) is 2.62. The van der Waals surface area contributed by atoms with Gasteiger partial charge in [0.2, 0.25) is 0 Å². The molecule has 2 aromatic rings. The van der Waals surface area contributed by atoms with Crippen LogP contribution >= 0.6 is 11.3 Å². The Morgan fingerprint density at radius 3 is 2.72 bits per heavy atom. The first-order valence-corrected chi connectivity index (χ1v) is 5.71. The summed E-state index contributed by atoms with van der Waals surface area (Å²) in [4.78, 5) is 14.9. The van der Waals surface area contributed by atoms with E-state index in [-0.39, 0.29) is 11.7 Å². The van der Waals surface area contributed by atoms with Crippen LogP contribution in [0.4, 0.5) is 9.18 Å². The third kappa shape index (κ3) is 3.06. The second-order valence-corrected chi connectivity index (χ2v) is 4.02. The Morgan fingerprint density at radius 1 is 1.33 bits per heavy atom. The maximum atomic E-state index is 12.7. The Bertz CT molecular complexity index is 626. The highest BCUT2D eigenvalue weighted by Gasteiger charge is 2.07. The second kappa shape index (κ2) is 5.29. The van der Waals surface area contributed by atoms with Crippen molar-refractivity contribution in [3.8, 4) is 17.7 Å². The molecular weight excluding hydrogens is 255 g/mol. The molecule has 0 bridgehead atoms. The number of hydrogen-bond acceptors (Lipinski definition) is 4. The number of rotatable bonds is 1. The molecular formula is C12H7FN2O2S. The first-order chi connectivity index (χ1) is 8.65. The van der Waals surface area contributed by atoms with Gasteiger partial charge in [-0.3, -0.25) is 0 Å². The van der Waals surface area contributed by atoms with Crippen LogP contribution in [0.15, 0.2) is 29.8 Å². The number of amides is 1. The highest BCUT2D eigenvalue weighted by molar-refractivity contribution is 7.10. The summed E-state index contributed by atoms with van der Waals surface area (Å²) in [6.45, 7) is 0. The summed E-state index contributed by atoms with van der Waals surface area (Å²) in [5, 5.41) is 0. The molecule has 0 fully saturated rings. The van der Waals surface area contributed by atoms with Gasteiger partial charge < -0.3 is 10.5 Å². The van der Waals surface area contributed by atoms with Crippen LogP contribution in [-0.4, -0.2) is 11.1 Å². The number of carbonyl (C=O) groups is 1. The van der Waals surface area contributed by atoms with Crippen molar-refractivity contribution in [2.45, 2.75) is 0 Å². The van der Waals surface area contributed by atoms with E-state index in [1.165, 1.54) is 29.0 Å². The summed E-state index contributed by atoms with van der Waals surface area (Å²) in [5.41, 5.74) is 7.03. The number of ether oxygens (including phenoxy) is 1. The zero-order valence-corrected chi connectivity index (χ0v) is 9.83. The van der Waals surface area contributed by atoms with Crippen molar-refractivity contribution >= 4 is 17.4 Å². The van der Waals surface area contributed by atoms with Crippen LogP contribution in [-0.2, 0) is 0 Å². The van der Waals surface area contributed by atoms with Crippen molar-refractivity contribution in [3.05, 3.63) is 46.0 Å². The van der Waals surface area contributed by atoms with Crippen LogP contribution in [0.2, 0.25) is 0 Å². The minimum absolute atomic E-state index is 0.0853. The fraction of sp³-hybridized carbons (Fsp3) is 0. The van der Waals surface area contributed by atoms with Gasteiger partial charge in [-0.1, -0.05) is 5.92 Å². The molecule has 0 aliphatic carbocycles. The quantitative estimate of drug-likeness (QED) is 0.801. The summed E-state index contributed by atoms with van der Waals surface area (Å²) in [6.07, 6.45) is -0.939. The van der Waals surface area contributed by atoms with E-state index < -0.39 is 6.09 Å². The molecule has 1 aromatic carbocycles. The molecule has 1 aromatic heterocycles. The fourth-order valence-electron chi connectivity index (χ4n) is 1.15. The topological polar surface area (TPSA) is 65.2 Å². The second-order valence-electron chi connectivity index (χ2n) is 3.16. The molecule has 0 aliphatic rings. The normalized spacial score (nSPS) is 9.39. The lowest BCUT2D eigenvalue weighted by atomic mass is 10.2. The Labute approximate surface area is 106 Å². The van der Waals surface area contributed by atoms with Crippen molar-refractivity contribution in [2.24, 2.45) is 5.73 Å². The molecule has 18 heavy (non-hydrogen) atoms. The van der Waals surface area contributed by atoms with E-state index >= 15 is 0 Å². The molecule has 0 unspecified atom stereocenters. The van der Waals surface area contributed by atoms with Gasteiger partial charge in [-0.15, -0.1) is 11.3 Å². The van der Waals surface area contributed by atoms with Crippen molar-refractivity contribution < 1.29 is 13.9 Å². The van der Waals surface area contributed by atoms with Gasteiger partial charge in [-0.25, -0.2) is 14.2 Å². The van der Waals surface area contributed by atoms with Crippen LogP contribution in [0.1, 0.15) is 10.4 Å². The Balaban J connectivity index is 2.22. The molecule has 90 valence electrons. The zero-order valence-electron chi connectivity index (χ0n) is 9.01. The first-order valence-electron chi connectivity index (χ1n) is 4.83. The number of nitrogens with zero attached hydrogens (tertiary/aromatic N) is 1. The van der Waals surface area contributed by atoms with Gasteiger partial charge in [0.05, 0.1) is 5.51 Å². The van der Waals surface area contributed by atoms with Gasteiger partial charge in [0.15, 0.2) is 0 Å². The van der Waals surface area contributed by atoms with E-state index in [0.717, 1.165) is 0 Å². The molecule has 4 nitrogen and oxygen atoms in total. The highest BCUT2D eigenvalue weighted by atomic mass is 32.1. The Morgan fingerprint density at radius 2 is 2.06 bits per heavy atom. The molecule has 1 heterocycles. The summed E-state index contributed by atoms with van der Waals surface area (Å²) in [6, 6.07) is 5.74. The van der Waals surface area contributed by atoms with Crippen molar-refractivity contribution in [1.82, 2.24) is 4.98 Å². The summed E-state index contributed by atoms with van der Waals surface area (Å²) < 4.78 is 17.3. The largest absolute Gasteiger partial charge is 0.411 e. The van der Waals surface area contributed by atoms with Crippen molar-refractivity contribution in [3.63, 3.8) is 0 Å². The van der Waals surface area contributed by atoms with E-state index in [0.29, 0.717) is 10.4 Å². The number of thiazole rings is 1. The number of nitrogens with two attached hydrogens (primary N) is 1. The van der Waals surface area contributed by atoms with E-state index in [4.69, 9.17) is 5.73 Å². The van der Waals surface area contributed by atoms with Crippen LogP contribution < -0.4 is 10.5 Å². The van der Waals surface area contributed by atoms with E-state index in [1.54, 1.807) is 12.1 Å². The number of benzene rings is 1. The van der Waals surface area contributed by atoms with E-state index in [1.807, 2.05) is 0 Å². The van der Waals surface area contributed by atoms with Crippen LogP contribution in [0.25, 0.3) is 0 Å². The Kier molecular flexibility index (Phi) is 3.55. The van der Waals surface area contributed by atoms with Gasteiger partial charge in [0.25, 0.3) is 5.88 Å². The van der Waals surface area contributed by atoms with Crippen LogP contribution in [0.5, 0.6) is 5.88 Å². The minimum atomic E-state index is -0.939. The number of aromatic nitrogens is 1. The molecule has 0 saturated heterocycles. The van der Waals surface area contributed by atoms with Gasteiger partial charge in [0, 0.05) is 5.56 Å². The predicted molar refractivity (Wildman–Crippen MR) is 64.7 cm³/mol. The summed E-state index contributed by atoms with van der Waals surface area (Å²) >= 11 is 1.22. The van der Waals surface area contributed by atoms with Gasteiger partial charge >= 0.3 is 6.09 Å². The van der Waals surface area contributed by atoms with Crippen LogP contribution in [0.3, 0.4) is 0 Å². The van der Waals surface area contributed by atoms with Crippen molar-refractivity contribution in [1.29, 1.82) is 0 Å². The standard InChI is InChI=1S/C12H7FN2O2S/c13-9-4-1-8(2-5-9)3-6-10-11(15-7-18-10)17-12(14)16/h1-2,4-5,7H,(H2,14,16). The molecule has 0 aliphatic heterocycles. The SMILES string of the molecule is NC(=O)Oc1ncsc1C#Cc1ccc(F)cc1. The predicted octanol–water partition coefficient (Wildman–Crippen LogP) is 2.14. The molecule has 6 heteroatoms. The first kappa shape index (κ1) is 12.1. The molecule has 0 atom stereocenters. The molecule has 0 saturated carbocycles. The van der Waals surface area contributed by atoms with E-state index in [9.17, 15) is 9.18 Å². The monoisotopic (exact) mass is 262 g/mol. The zero-order chi connectivity index (χ0) is 13.0. The summed E-state index contributed by atoms with van der Waals surface area (Å²) in [7, 11) is 0. The smallest absolute Gasteiger partial charge is 0.389 e. The number of primary amides is 1. The lowest BCUT2D eigenvalue weighted by molar-refractivity contribution is 0.209. The maximum absolute atomic E-state index is 12.7. The highest BCUT2D eigenvalue weighted by Crippen LogP contribution is 2.19. The summed E-state index contributed by atoms with van der Waals surface area (Å²) in [5.74, 6) is 5.36. The number of halogens is 1. The molecule has 1 amide bonds. The lowest BCUT2D eigenvalue weighted by Gasteiger charge is -1.94. The van der Waals surface area contributed by atoms with E-state index in [2.05, 4.69) is 21.6 Å². The van der Waals surface area contributed by atoms with Gasteiger partial charge in [-0.05, 0) is 30.2 Å². The minimum Gasteiger partial charge on any atom is -0.389 e. The number of carbonyl (C=O) groups excluding carboxylic acids is 1. The van der Waals surface area contributed by atoms with Gasteiger partial charge in [0.1, 0.15) is 10.7 Å². The fourth-order valence-corrected chi connectivity index (χ4v) is 1.71. The third-order valence-electron chi connectivity index (χ3n) is 1.90. The average Bonchev–Trinajstić information content (AvgIpc) is 2.75. The van der Waals surface area contributed by atoms with Crippen LogP contribution in [0, 0.1) is 17.7 Å². The van der Waals surface area contributed by atoms with Crippen molar-refractivity contribution in [2.75, 3.05) is 0 Å². The molecule has 0 radical (unpaired) electrons. The molecule has 2 N–H and O–H groups in total. The molecule has 0 spiro atoms. The lowest BCUT2D eigenvalue weighted by Crippen LogP contribution is -2.16. The number of hydrogen-bond donors (Lipinski definition) is 1. The Hall–Kier alpha value is -2.39. The van der Waals surface area contributed by atoms with Gasteiger partial charge in [-0.2, -0.15) is 0 Å². The average molecular weight is 262 g/mol. The molecule has 2 rings (SSSR count). The maximum Gasteiger partial charge on any atom is 0.411 e.